The van der Waals surface area contributed by atoms with Crippen molar-refractivity contribution in [3.8, 4) is 0 Å². The predicted octanol–water partition coefficient (Wildman–Crippen LogP) is 4.77. The van der Waals surface area contributed by atoms with Gasteiger partial charge in [-0.15, -0.1) is 12.4 Å². The first kappa shape index (κ1) is 37.1. The van der Waals surface area contributed by atoms with Gasteiger partial charge in [-0.05, 0) is 45.0 Å². The number of nitrogens with zero attached hydrogens (tertiary/aromatic N) is 5. The molecule has 2 aromatic rings. The van der Waals surface area contributed by atoms with E-state index in [4.69, 9.17) is 15.2 Å². The van der Waals surface area contributed by atoms with Crippen LogP contribution in [0.4, 0.5) is 42.8 Å². The number of pyridine rings is 2. The molecule has 1 amide bonds. The van der Waals surface area contributed by atoms with Crippen molar-refractivity contribution in [1.82, 2.24) is 14.9 Å². The third-order valence-corrected chi connectivity index (χ3v) is 6.77. The average Bonchev–Trinajstić information content (AvgIpc) is 2.95. The van der Waals surface area contributed by atoms with Gasteiger partial charge in [0.2, 0.25) is 0 Å². The van der Waals surface area contributed by atoms with Gasteiger partial charge in [0.1, 0.15) is 11.6 Å². The number of carbonyl (C=O) groups is 1. The number of hydrogen-bond donors (Lipinski definition) is 2. The van der Waals surface area contributed by atoms with Gasteiger partial charge in [0.25, 0.3) is 0 Å². The zero-order valence-corrected chi connectivity index (χ0v) is 25.3. The van der Waals surface area contributed by atoms with Crippen LogP contribution in [0.25, 0.3) is 0 Å². The summed E-state index contributed by atoms with van der Waals surface area (Å²) >= 11 is 0. The molecule has 4 rings (SSSR count). The van der Waals surface area contributed by atoms with Gasteiger partial charge in [0, 0.05) is 50.7 Å². The van der Waals surface area contributed by atoms with Gasteiger partial charge in [-0.3, -0.25) is 0 Å². The fourth-order valence-electron chi connectivity index (χ4n) is 4.43. The zero-order valence-electron chi connectivity index (χ0n) is 24.4. The standard InChI is InChI=1S/C16H22F3N3O3.C11H14F3N3O.ClH/c1-15(2,3)22(14(23)24)10-12-9-21(6-7-25-12)13-5-4-11(8-20-13)16(17,18)19;12-11(13,14)8-1-2-10(16-6-8)17-3-4-18-9(5-15)7-17;/h4-5,8,12H,6-7,9-10H2,1-3H3,(H,23,24);1-2,6,9H,3-5,7,15H2;1H. The summed E-state index contributed by atoms with van der Waals surface area (Å²) in [7, 11) is 0. The van der Waals surface area contributed by atoms with E-state index in [1.807, 2.05) is 4.90 Å². The number of halogens is 7. The summed E-state index contributed by atoms with van der Waals surface area (Å²) in [6.07, 6.45) is -8.64. The van der Waals surface area contributed by atoms with Gasteiger partial charge in [0.15, 0.2) is 0 Å². The molecule has 0 spiro atoms. The Kier molecular flexibility index (Phi) is 12.9. The lowest BCUT2D eigenvalue weighted by Gasteiger charge is -2.39. The van der Waals surface area contributed by atoms with E-state index < -0.39 is 35.1 Å². The number of anilines is 2. The zero-order chi connectivity index (χ0) is 32.0. The van der Waals surface area contributed by atoms with Gasteiger partial charge in [0.05, 0.1) is 43.1 Å². The highest BCUT2D eigenvalue weighted by atomic mass is 35.5. The van der Waals surface area contributed by atoms with Crippen molar-refractivity contribution in [1.29, 1.82) is 0 Å². The Labute approximate surface area is 257 Å². The topological polar surface area (TPSA) is 117 Å². The quantitative estimate of drug-likeness (QED) is 0.438. The van der Waals surface area contributed by atoms with Crippen LogP contribution in [0.2, 0.25) is 0 Å². The van der Waals surface area contributed by atoms with Crippen molar-refractivity contribution in [2.45, 2.75) is 50.9 Å². The Morgan fingerprint density at radius 1 is 0.886 bits per heavy atom. The molecule has 0 radical (unpaired) electrons. The molecule has 2 atom stereocenters. The summed E-state index contributed by atoms with van der Waals surface area (Å²) in [4.78, 5) is 24.1. The molecule has 0 saturated carbocycles. The predicted molar refractivity (Wildman–Crippen MR) is 153 cm³/mol. The van der Waals surface area contributed by atoms with Crippen LogP contribution in [0, 0.1) is 0 Å². The molecule has 2 fully saturated rings. The van der Waals surface area contributed by atoms with Crippen LogP contribution in [0.5, 0.6) is 0 Å². The van der Waals surface area contributed by atoms with Gasteiger partial charge in [-0.2, -0.15) is 26.3 Å². The second-order valence-electron chi connectivity index (χ2n) is 11.0. The molecule has 4 heterocycles. The average molecular weight is 659 g/mol. The van der Waals surface area contributed by atoms with Crippen molar-refractivity contribution < 1.29 is 45.7 Å². The summed E-state index contributed by atoms with van der Waals surface area (Å²) in [6, 6.07) is 4.73. The van der Waals surface area contributed by atoms with E-state index in [0.717, 1.165) is 24.5 Å². The first-order valence-electron chi connectivity index (χ1n) is 13.5. The smallest absolute Gasteiger partial charge is 0.417 e. The molecule has 2 unspecified atom stereocenters. The summed E-state index contributed by atoms with van der Waals surface area (Å²) in [5, 5.41) is 9.37. The van der Waals surface area contributed by atoms with Crippen molar-refractivity contribution in [3.63, 3.8) is 0 Å². The second-order valence-corrected chi connectivity index (χ2v) is 11.0. The Morgan fingerprint density at radius 3 is 1.66 bits per heavy atom. The molecular weight excluding hydrogens is 622 g/mol. The monoisotopic (exact) mass is 658 g/mol. The van der Waals surface area contributed by atoms with Crippen molar-refractivity contribution in [2.24, 2.45) is 5.73 Å². The molecule has 0 bridgehead atoms. The van der Waals surface area contributed by atoms with Crippen LogP contribution in [-0.2, 0) is 21.8 Å². The molecule has 44 heavy (non-hydrogen) atoms. The SMILES string of the molecule is CC(C)(C)N(CC1CN(c2ccc(C(F)(F)F)cn2)CCO1)C(=O)O.Cl.NCC1CN(c2ccc(C(F)(F)F)cn2)CCO1. The van der Waals surface area contributed by atoms with Gasteiger partial charge >= 0.3 is 18.4 Å². The molecule has 0 aliphatic carbocycles. The Bertz CT molecular complexity index is 1180. The summed E-state index contributed by atoms with van der Waals surface area (Å²) in [5.41, 5.74) is 3.38. The minimum atomic E-state index is -4.42. The van der Waals surface area contributed by atoms with E-state index in [0.29, 0.717) is 57.6 Å². The van der Waals surface area contributed by atoms with Gasteiger partial charge in [-0.1, -0.05) is 0 Å². The van der Waals surface area contributed by atoms with E-state index in [-0.39, 0.29) is 31.2 Å². The minimum Gasteiger partial charge on any atom is -0.465 e. The third kappa shape index (κ3) is 10.5. The molecule has 2 saturated heterocycles. The molecule has 2 aliphatic heterocycles. The van der Waals surface area contributed by atoms with Crippen molar-refractivity contribution in [3.05, 3.63) is 47.8 Å². The number of rotatable bonds is 5. The maximum Gasteiger partial charge on any atom is 0.417 e. The Morgan fingerprint density at radius 2 is 1.32 bits per heavy atom. The number of amides is 1. The Balaban J connectivity index is 0.000000315. The number of alkyl halides is 6. The van der Waals surface area contributed by atoms with Crippen LogP contribution < -0.4 is 15.5 Å². The number of aromatic nitrogens is 2. The molecule has 3 N–H and O–H groups in total. The van der Waals surface area contributed by atoms with Gasteiger partial charge < -0.3 is 35.0 Å². The van der Waals surface area contributed by atoms with Crippen LogP contribution in [0.15, 0.2) is 36.7 Å². The fourth-order valence-corrected chi connectivity index (χ4v) is 4.43. The first-order chi connectivity index (χ1) is 20.0. The first-order valence-corrected chi connectivity index (χ1v) is 13.5. The summed E-state index contributed by atoms with van der Waals surface area (Å²) in [5.74, 6) is 0.934. The van der Waals surface area contributed by atoms with E-state index >= 15 is 0 Å². The lowest BCUT2D eigenvalue weighted by molar-refractivity contribution is -0.138. The minimum absolute atomic E-state index is 0. The van der Waals surface area contributed by atoms with Gasteiger partial charge in [-0.25, -0.2) is 14.8 Å². The molecular formula is C27H37ClF6N6O4. The van der Waals surface area contributed by atoms with Crippen LogP contribution in [0.1, 0.15) is 31.9 Å². The highest BCUT2D eigenvalue weighted by molar-refractivity contribution is 5.85. The van der Waals surface area contributed by atoms with E-state index in [1.54, 1.807) is 25.7 Å². The maximum absolute atomic E-state index is 12.6. The molecule has 2 aliphatic rings. The number of ether oxygens (including phenoxy) is 2. The van der Waals surface area contributed by atoms with E-state index in [1.165, 1.54) is 17.0 Å². The van der Waals surface area contributed by atoms with Crippen molar-refractivity contribution in [2.75, 3.05) is 62.3 Å². The number of carboxylic acid groups (broad SMARTS) is 1. The second kappa shape index (κ2) is 15.3. The highest BCUT2D eigenvalue weighted by Gasteiger charge is 2.34. The third-order valence-electron chi connectivity index (χ3n) is 6.77. The van der Waals surface area contributed by atoms with E-state index in [2.05, 4.69) is 9.97 Å². The number of nitrogens with two attached hydrogens (primary N) is 1. The van der Waals surface area contributed by atoms with Crippen LogP contribution in [-0.4, -0.2) is 96.3 Å². The Hall–Kier alpha value is -3.08. The van der Waals surface area contributed by atoms with Crippen molar-refractivity contribution >= 4 is 30.1 Å². The molecule has 248 valence electrons. The van der Waals surface area contributed by atoms with Crippen LogP contribution >= 0.6 is 12.4 Å². The fraction of sp³-hybridized carbons (Fsp3) is 0.593. The highest BCUT2D eigenvalue weighted by Crippen LogP contribution is 2.31. The molecule has 0 aromatic carbocycles. The normalized spacial score (nSPS) is 19.4. The summed E-state index contributed by atoms with van der Waals surface area (Å²) < 4.78 is 86.0. The summed E-state index contributed by atoms with van der Waals surface area (Å²) in [6.45, 7) is 8.79. The number of hydrogen-bond acceptors (Lipinski definition) is 8. The molecule has 10 nitrogen and oxygen atoms in total. The lowest BCUT2D eigenvalue weighted by Crippen LogP contribution is -2.53. The molecule has 2 aromatic heterocycles. The largest absolute Gasteiger partial charge is 0.465 e. The number of morpholine rings is 2. The van der Waals surface area contributed by atoms with E-state index in [9.17, 15) is 36.2 Å². The maximum atomic E-state index is 12.6. The van der Waals surface area contributed by atoms with Crippen LogP contribution in [0.3, 0.4) is 0 Å². The molecule has 17 heteroatoms. The lowest BCUT2D eigenvalue weighted by atomic mass is 10.1.